The molecule has 1 atom stereocenters. The highest BCUT2D eigenvalue weighted by Crippen LogP contribution is 2.32. The van der Waals surface area contributed by atoms with Gasteiger partial charge < -0.3 is 5.73 Å². The Labute approximate surface area is 182 Å². The van der Waals surface area contributed by atoms with Crippen molar-refractivity contribution in [3.8, 4) is 0 Å². The molecule has 0 aliphatic heterocycles. The number of amides is 3. The second kappa shape index (κ2) is 9.01. The molecule has 3 amide bonds. The number of carbonyl (C=O) groups excluding carboxylic acids is 2. The molecule has 7 nitrogen and oxygen atoms in total. The number of urea groups is 1. The zero-order chi connectivity index (χ0) is 22.0. The van der Waals surface area contributed by atoms with Crippen LogP contribution in [0.1, 0.15) is 29.9 Å². The van der Waals surface area contributed by atoms with Crippen LogP contribution in [0.15, 0.2) is 40.3 Å². The lowest BCUT2D eigenvalue weighted by Gasteiger charge is -2.20. The molecule has 0 saturated heterocycles. The van der Waals surface area contributed by atoms with Gasteiger partial charge in [-0.15, -0.1) is 11.3 Å². The summed E-state index contributed by atoms with van der Waals surface area (Å²) < 4.78 is 1.61. The summed E-state index contributed by atoms with van der Waals surface area (Å²) in [5.74, 6) is -0.611. The average Bonchev–Trinajstić information content (AvgIpc) is 2.96. The first-order valence-corrected chi connectivity index (χ1v) is 11.2. The van der Waals surface area contributed by atoms with Crippen LogP contribution in [-0.2, 0) is 11.3 Å². The van der Waals surface area contributed by atoms with Crippen LogP contribution in [0.2, 0.25) is 0 Å². The fourth-order valence-corrected chi connectivity index (χ4v) is 5.26. The van der Waals surface area contributed by atoms with Gasteiger partial charge in [-0.2, -0.15) is 0 Å². The molecule has 158 valence electrons. The number of nitrogens with two attached hydrogens (primary N) is 1. The SMILES string of the molecule is Cc1sc2nc(S[C@@H](C(=O)NC(N)=O)C(C)C)n(Cc3ccccc3)c(=O)c2c1C. The number of fused-ring (bicyclic) bond motifs is 1. The second-order valence-electron chi connectivity index (χ2n) is 7.37. The predicted molar refractivity (Wildman–Crippen MR) is 121 cm³/mol. The number of nitrogens with one attached hydrogen (secondary N) is 1. The quantitative estimate of drug-likeness (QED) is 0.447. The molecular weight excluding hydrogens is 420 g/mol. The molecule has 3 aromatic rings. The van der Waals surface area contributed by atoms with Crippen molar-refractivity contribution in [3.63, 3.8) is 0 Å². The van der Waals surface area contributed by atoms with Gasteiger partial charge in [0.1, 0.15) is 4.83 Å². The number of rotatable bonds is 6. The summed E-state index contributed by atoms with van der Waals surface area (Å²) in [6.07, 6.45) is 0. The zero-order valence-corrected chi connectivity index (χ0v) is 18.9. The average molecular weight is 445 g/mol. The Kier molecular flexibility index (Phi) is 6.62. The van der Waals surface area contributed by atoms with E-state index in [1.54, 1.807) is 4.57 Å². The molecule has 0 saturated carbocycles. The lowest BCUT2D eigenvalue weighted by atomic mass is 10.1. The summed E-state index contributed by atoms with van der Waals surface area (Å²) in [7, 11) is 0. The van der Waals surface area contributed by atoms with E-state index in [-0.39, 0.29) is 11.5 Å². The maximum absolute atomic E-state index is 13.4. The van der Waals surface area contributed by atoms with Gasteiger partial charge in [-0.05, 0) is 30.9 Å². The van der Waals surface area contributed by atoms with E-state index in [0.717, 1.165) is 16.0 Å². The van der Waals surface area contributed by atoms with Gasteiger partial charge in [-0.25, -0.2) is 9.78 Å². The van der Waals surface area contributed by atoms with Gasteiger partial charge in [0.25, 0.3) is 5.56 Å². The van der Waals surface area contributed by atoms with E-state index >= 15 is 0 Å². The molecule has 0 radical (unpaired) electrons. The van der Waals surface area contributed by atoms with Crippen LogP contribution in [0.4, 0.5) is 4.79 Å². The van der Waals surface area contributed by atoms with E-state index in [2.05, 4.69) is 5.32 Å². The Bertz CT molecular complexity index is 1150. The first-order valence-electron chi connectivity index (χ1n) is 9.50. The Hall–Kier alpha value is -2.65. The summed E-state index contributed by atoms with van der Waals surface area (Å²) in [6, 6.07) is 8.72. The molecule has 0 aliphatic rings. The maximum Gasteiger partial charge on any atom is 0.318 e. The molecule has 0 aliphatic carbocycles. The standard InChI is InChI=1S/C21H24N4O3S2/c1-11(2)16(17(26)23-20(22)28)30-21-24-18-15(12(3)13(4)29-18)19(27)25(21)10-14-8-6-5-7-9-14/h5-9,11,16H,10H2,1-4H3,(H3,22,23,26,28)/t16-/m1/s1. The number of aromatic nitrogens is 2. The second-order valence-corrected chi connectivity index (χ2v) is 9.68. The molecule has 3 rings (SSSR count). The summed E-state index contributed by atoms with van der Waals surface area (Å²) in [6.45, 7) is 7.97. The fraction of sp³-hybridized carbons (Fsp3) is 0.333. The topological polar surface area (TPSA) is 107 Å². The van der Waals surface area contributed by atoms with Crippen LogP contribution in [0.5, 0.6) is 0 Å². The number of primary amides is 1. The molecule has 1 aromatic carbocycles. The van der Waals surface area contributed by atoms with Crippen LogP contribution in [0.3, 0.4) is 0 Å². The van der Waals surface area contributed by atoms with E-state index in [0.29, 0.717) is 21.9 Å². The molecule has 3 N–H and O–H groups in total. The van der Waals surface area contributed by atoms with Crippen molar-refractivity contribution in [2.45, 2.75) is 44.6 Å². The number of hydrogen-bond acceptors (Lipinski definition) is 6. The highest BCUT2D eigenvalue weighted by molar-refractivity contribution is 8.00. The van der Waals surface area contributed by atoms with Gasteiger partial charge >= 0.3 is 6.03 Å². The van der Waals surface area contributed by atoms with Gasteiger partial charge in [-0.3, -0.25) is 19.5 Å². The minimum absolute atomic E-state index is 0.112. The predicted octanol–water partition coefficient (Wildman–Crippen LogP) is 3.43. The minimum atomic E-state index is -0.902. The van der Waals surface area contributed by atoms with Gasteiger partial charge in [0.15, 0.2) is 5.16 Å². The van der Waals surface area contributed by atoms with Crippen LogP contribution in [0.25, 0.3) is 10.2 Å². The van der Waals surface area contributed by atoms with Gasteiger partial charge in [0, 0.05) is 4.88 Å². The molecule has 2 heterocycles. The Morgan fingerprint density at radius 2 is 1.90 bits per heavy atom. The van der Waals surface area contributed by atoms with Gasteiger partial charge in [-0.1, -0.05) is 55.9 Å². The highest BCUT2D eigenvalue weighted by Gasteiger charge is 2.28. The molecule has 9 heteroatoms. The third-order valence-corrected chi connectivity index (χ3v) is 7.42. The van der Waals surface area contributed by atoms with Crippen LogP contribution >= 0.6 is 23.1 Å². The number of thioether (sulfide) groups is 1. The summed E-state index contributed by atoms with van der Waals surface area (Å²) in [5.41, 5.74) is 6.87. The van der Waals surface area contributed by atoms with E-state index in [1.807, 2.05) is 58.0 Å². The van der Waals surface area contributed by atoms with E-state index in [1.165, 1.54) is 23.1 Å². The van der Waals surface area contributed by atoms with E-state index < -0.39 is 17.2 Å². The number of carbonyl (C=O) groups is 2. The molecule has 30 heavy (non-hydrogen) atoms. The maximum atomic E-state index is 13.4. The number of imide groups is 1. The summed E-state index contributed by atoms with van der Waals surface area (Å²) in [4.78, 5) is 43.6. The van der Waals surface area contributed by atoms with Gasteiger partial charge in [0.05, 0.1) is 17.2 Å². The molecule has 2 aromatic heterocycles. The van der Waals surface area contributed by atoms with Crippen molar-refractivity contribution in [2.24, 2.45) is 11.7 Å². The first-order chi connectivity index (χ1) is 14.2. The lowest BCUT2D eigenvalue weighted by molar-refractivity contribution is -0.120. The molecule has 0 spiro atoms. The third-order valence-electron chi connectivity index (χ3n) is 4.78. The number of benzene rings is 1. The van der Waals surface area contributed by atoms with Crippen molar-refractivity contribution >= 4 is 45.3 Å². The fourth-order valence-electron chi connectivity index (χ4n) is 3.10. The minimum Gasteiger partial charge on any atom is -0.351 e. The molecule has 0 unspecified atom stereocenters. The van der Waals surface area contributed by atoms with Crippen molar-refractivity contribution in [1.29, 1.82) is 0 Å². The monoisotopic (exact) mass is 444 g/mol. The van der Waals surface area contributed by atoms with E-state index in [4.69, 9.17) is 10.7 Å². The highest BCUT2D eigenvalue weighted by atomic mass is 32.2. The molecule has 0 bridgehead atoms. The zero-order valence-electron chi connectivity index (χ0n) is 17.3. The van der Waals surface area contributed by atoms with Crippen molar-refractivity contribution in [1.82, 2.24) is 14.9 Å². The largest absolute Gasteiger partial charge is 0.351 e. The number of nitrogens with zero attached hydrogens (tertiary/aromatic N) is 2. The van der Waals surface area contributed by atoms with E-state index in [9.17, 15) is 14.4 Å². The van der Waals surface area contributed by atoms with Crippen molar-refractivity contribution in [3.05, 3.63) is 56.7 Å². The number of aryl methyl sites for hydroxylation is 2. The normalized spacial score (nSPS) is 12.3. The van der Waals surface area contributed by atoms with Crippen LogP contribution in [-0.4, -0.2) is 26.7 Å². The van der Waals surface area contributed by atoms with Crippen molar-refractivity contribution in [2.75, 3.05) is 0 Å². The first kappa shape index (κ1) is 22.0. The van der Waals surface area contributed by atoms with Crippen LogP contribution in [0, 0.1) is 19.8 Å². The summed E-state index contributed by atoms with van der Waals surface area (Å²) in [5, 5.41) is 2.56. The smallest absolute Gasteiger partial charge is 0.318 e. The third kappa shape index (κ3) is 4.57. The summed E-state index contributed by atoms with van der Waals surface area (Å²) >= 11 is 2.64. The Balaban J connectivity index is 2.13. The number of hydrogen-bond donors (Lipinski definition) is 2. The molecular formula is C21H24N4O3S2. The Morgan fingerprint density at radius 3 is 2.50 bits per heavy atom. The van der Waals surface area contributed by atoms with Gasteiger partial charge in [0.2, 0.25) is 5.91 Å². The van der Waals surface area contributed by atoms with Crippen molar-refractivity contribution < 1.29 is 9.59 Å². The number of thiophene rings is 1. The Morgan fingerprint density at radius 1 is 1.23 bits per heavy atom. The lowest BCUT2D eigenvalue weighted by Crippen LogP contribution is -2.42. The van der Waals surface area contributed by atoms with Crippen LogP contribution < -0.4 is 16.6 Å². The molecule has 0 fully saturated rings.